The SMILES string of the molecule is OC1(CN2CCOC[C@@](O)(COc3ccc(F)c(Cl)c3)C2)CCN(c2cccc(F)c2)CC1. The Hall–Kier alpha value is -1.97. The summed E-state index contributed by atoms with van der Waals surface area (Å²) in [6.45, 7) is 2.90. The second-order valence-corrected chi connectivity index (χ2v) is 9.45. The van der Waals surface area contributed by atoms with Gasteiger partial charge in [-0.1, -0.05) is 17.7 Å². The molecular formula is C24H29ClF2N2O4. The number of rotatable bonds is 6. The Morgan fingerprint density at radius 1 is 1.03 bits per heavy atom. The Kier molecular flexibility index (Phi) is 7.40. The molecule has 180 valence electrons. The van der Waals surface area contributed by atoms with Gasteiger partial charge in [0.2, 0.25) is 0 Å². The van der Waals surface area contributed by atoms with E-state index in [2.05, 4.69) is 4.90 Å². The van der Waals surface area contributed by atoms with Crippen LogP contribution in [-0.2, 0) is 4.74 Å². The highest BCUT2D eigenvalue weighted by atomic mass is 35.5. The molecule has 2 fully saturated rings. The van der Waals surface area contributed by atoms with Gasteiger partial charge in [0, 0.05) is 44.5 Å². The van der Waals surface area contributed by atoms with Gasteiger partial charge in [0.05, 0.1) is 23.8 Å². The molecule has 2 N–H and O–H groups in total. The molecule has 2 heterocycles. The molecule has 2 saturated heterocycles. The minimum Gasteiger partial charge on any atom is -0.490 e. The van der Waals surface area contributed by atoms with Crippen molar-refractivity contribution in [1.82, 2.24) is 4.90 Å². The van der Waals surface area contributed by atoms with E-state index in [9.17, 15) is 19.0 Å². The van der Waals surface area contributed by atoms with Gasteiger partial charge in [0.1, 0.15) is 29.6 Å². The van der Waals surface area contributed by atoms with Crippen LogP contribution in [-0.4, -0.2) is 78.9 Å². The number of nitrogens with zero attached hydrogens (tertiary/aromatic N) is 2. The molecule has 0 spiro atoms. The molecule has 2 aromatic rings. The largest absolute Gasteiger partial charge is 0.490 e. The van der Waals surface area contributed by atoms with Gasteiger partial charge in [-0.3, -0.25) is 4.90 Å². The van der Waals surface area contributed by atoms with Crippen LogP contribution in [0.5, 0.6) is 5.75 Å². The number of halogens is 3. The molecule has 0 radical (unpaired) electrons. The van der Waals surface area contributed by atoms with Crippen LogP contribution >= 0.6 is 11.6 Å². The minimum absolute atomic E-state index is 0.0509. The summed E-state index contributed by atoms with van der Waals surface area (Å²) in [6, 6.07) is 10.5. The van der Waals surface area contributed by atoms with E-state index < -0.39 is 17.0 Å². The lowest BCUT2D eigenvalue weighted by Gasteiger charge is -2.42. The molecule has 9 heteroatoms. The highest BCUT2D eigenvalue weighted by molar-refractivity contribution is 6.30. The molecule has 0 saturated carbocycles. The number of β-amino-alcohol motifs (C(OH)–C–C–N with tert-alkyl or cyclic N) is 2. The average Bonchev–Trinajstić information content (AvgIpc) is 2.96. The normalized spacial score (nSPS) is 23.8. The first-order valence-electron chi connectivity index (χ1n) is 11.1. The lowest BCUT2D eigenvalue weighted by molar-refractivity contribution is -0.0742. The van der Waals surface area contributed by atoms with E-state index in [1.165, 1.54) is 30.3 Å². The van der Waals surface area contributed by atoms with Gasteiger partial charge in [-0.25, -0.2) is 8.78 Å². The van der Waals surface area contributed by atoms with Crippen LogP contribution in [0.4, 0.5) is 14.5 Å². The molecule has 0 unspecified atom stereocenters. The zero-order valence-electron chi connectivity index (χ0n) is 18.4. The Labute approximate surface area is 197 Å². The number of piperidine rings is 1. The first-order chi connectivity index (χ1) is 15.7. The van der Waals surface area contributed by atoms with Gasteiger partial charge < -0.3 is 24.6 Å². The summed E-state index contributed by atoms with van der Waals surface area (Å²) < 4.78 is 38.2. The van der Waals surface area contributed by atoms with Gasteiger partial charge in [0.15, 0.2) is 0 Å². The molecule has 33 heavy (non-hydrogen) atoms. The number of anilines is 1. The Morgan fingerprint density at radius 3 is 2.55 bits per heavy atom. The van der Waals surface area contributed by atoms with Crippen molar-refractivity contribution in [3.63, 3.8) is 0 Å². The van der Waals surface area contributed by atoms with Crippen molar-refractivity contribution in [2.24, 2.45) is 0 Å². The molecular weight excluding hydrogens is 454 g/mol. The standard InChI is InChI=1S/C24H29ClF2N2O4/c25-21-13-20(4-5-22(21)27)33-17-24(31)15-28(10-11-32-16-24)14-23(30)6-8-29(9-7-23)19-3-1-2-18(26)12-19/h1-5,12-13,30-31H,6-11,14-17H2/t24-/m1/s1. The van der Waals surface area contributed by atoms with E-state index in [4.69, 9.17) is 21.1 Å². The fourth-order valence-electron chi connectivity index (χ4n) is 4.43. The lowest BCUT2D eigenvalue weighted by atomic mass is 9.90. The van der Waals surface area contributed by atoms with E-state index in [-0.39, 0.29) is 30.6 Å². The van der Waals surface area contributed by atoms with E-state index >= 15 is 0 Å². The first-order valence-corrected chi connectivity index (χ1v) is 11.4. The predicted octanol–water partition coefficient (Wildman–Crippen LogP) is 3.09. The van der Waals surface area contributed by atoms with Gasteiger partial charge in [-0.2, -0.15) is 0 Å². The summed E-state index contributed by atoms with van der Waals surface area (Å²) >= 11 is 5.80. The third-order valence-electron chi connectivity index (χ3n) is 6.22. The number of benzene rings is 2. The summed E-state index contributed by atoms with van der Waals surface area (Å²) in [7, 11) is 0. The van der Waals surface area contributed by atoms with Crippen LogP contribution in [0.1, 0.15) is 12.8 Å². The molecule has 2 aromatic carbocycles. The van der Waals surface area contributed by atoms with Crippen molar-refractivity contribution in [1.29, 1.82) is 0 Å². The number of aliphatic hydroxyl groups is 2. The fraction of sp³-hybridized carbons (Fsp3) is 0.500. The zero-order chi connectivity index (χ0) is 23.5. The van der Waals surface area contributed by atoms with E-state index in [1.54, 1.807) is 6.07 Å². The van der Waals surface area contributed by atoms with Crippen LogP contribution in [0, 0.1) is 11.6 Å². The molecule has 1 atom stereocenters. The minimum atomic E-state index is -1.30. The van der Waals surface area contributed by atoms with Gasteiger partial charge >= 0.3 is 0 Å². The molecule has 2 aliphatic rings. The highest BCUT2D eigenvalue weighted by Gasteiger charge is 2.39. The number of hydrogen-bond donors (Lipinski definition) is 2. The summed E-state index contributed by atoms with van der Waals surface area (Å²) in [5.41, 5.74) is -1.40. The maximum absolute atomic E-state index is 13.6. The van der Waals surface area contributed by atoms with Crippen LogP contribution in [0.25, 0.3) is 0 Å². The molecule has 0 aromatic heterocycles. The molecule has 6 nitrogen and oxygen atoms in total. The quantitative estimate of drug-likeness (QED) is 0.659. The van der Waals surface area contributed by atoms with Gasteiger partial charge in [-0.15, -0.1) is 0 Å². The molecule has 2 aliphatic heterocycles. The smallest absolute Gasteiger partial charge is 0.142 e. The van der Waals surface area contributed by atoms with Crippen molar-refractivity contribution in [2.45, 2.75) is 24.0 Å². The topological polar surface area (TPSA) is 65.4 Å². The molecule has 0 amide bonds. The summed E-state index contributed by atoms with van der Waals surface area (Å²) in [6.07, 6.45) is 1.06. The lowest BCUT2D eigenvalue weighted by Crippen LogP contribution is -2.55. The van der Waals surface area contributed by atoms with Crippen LogP contribution in [0.15, 0.2) is 42.5 Å². The van der Waals surface area contributed by atoms with Crippen molar-refractivity contribution < 1.29 is 28.5 Å². The van der Waals surface area contributed by atoms with Crippen molar-refractivity contribution in [2.75, 3.05) is 57.4 Å². The maximum atomic E-state index is 13.6. The van der Waals surface area contributed by atoms with E-state index in [0.29, 0.717) is 51.4 Å². The average molecular weight is 483 g/mol. The predicted molar refractivity (Wildman–Crippen MR) is 122 cm³/mol. The summed E-state index contributed by atoms with van der Waals surface area (Å²) in [5, 5.41) is 22.3. The highest BCUT2D eigenvalue weighted by Crippen LogP contribution is 2.29. The summed E-state index contributed by atoms with van der Waals surface area (Å²) in [5.74, 6) is -0.459. The van der Waals surface area contributed by atoms with Crippen LogP contribution in [0.2, 0.25) is 5.02 Å². The molecule has 4 rings (SSSR count). The third kappa shape index (κ3) is 6.33. The third-order valence-corrected chi connectivity index (χ3v) is 6.51. The second-order valence-electron chi connectivity index (χ2n) is 9.04. The number of hydrogen-bond acceptors (Lipinski definition) is 6. The van der Waals surface area contributed by atoms with E-state index in [1.807, 2.05) is 11.0 Å². The zero-order valence-corrected chi connectivity index (χ0v) is 19.1. The van der Waals surface area contributed by atoms with Crippen LogP contribution < -0.4 is 9.64 Å². The summed E-state index contributed by atoms with van der Waals surface area (Å²) in [4.78, 5) is 4.06. The van der Waals surface area contributed by atoms with Crippen molar-refractivity contribution >= 4 is 17.3 Å². The second kappa shape index (κ2) is 10.1. The van der Waals surface area contributed by atoms with Gasteiger partial charge in [0.25, 0.3) is 0 Å². The fourth-order valence-corrected chi connectivity index (χ4v) is 4.60. The monoisotopic (exact) mass is 482 g/mol. The van der Waals surface area contributed by atoms with Gasteiger partial charge in [-0.05, 0) is 43.2 Å². The first kappa shape index (κ1) is 24.2. The number of ether oxygens (including phenoxy) is 2. The Bertz CT molecular complexity index is 958. The Morgan fingerprint density at radius 2 is 1.82 bits per heavy atom. The molecule has 0 aliphatic carbocycles. The van der Waals surface area contributed by atoms with Crippen LogP contribution in [0.3, 0.4) is 0 Å². The van der Waals surface area contributed by atoms with Crippen molar-refractivity contribution in [3.05, 3.63) is 59.1 Å². The van der Waals surface area contributed by atoms with E-state index in [0.717, 1.165) is 5.69 Å². The maximum Gasteiger partial charge on any atom is 0.142 e. The molecule has 0 bridgehead atoms. The van der Waals surface area contributed by atoms with Crippen molar-refractivity contribution in [3.8, 4) is 5.75 Å². The Balaban J connectivity index is 1.34.